The molecule has 6 nitrogen and oxygen atoms in total. The fourth-order valence-electron chi connectivity index (χ4n) is 5.70. The Hall–Kier alpha value is -3.19. The summed E-state index contributed by atoms with van der Waals surface area (Å²) in [6, 6.07) is 18.8. The number of benzene rings is 1. The van der Waals surface area contributed by atoms with Gasteiger partial charge in [-0.2, -0.15) is 0 Å². The molecule has 0 bridgehead atoms. The van der Waals surface area contributed by atoms with Gasteiger partial charge >= 0.3 is 0 Å². The van der Waals surface area contributed by atoms with Crippen molar-refractivity contribution < 1.29 is 4.79 Å². The molecule has 2 aliphatic rings. The van der Waals surface area contributed by atoms with E-state index in [2.05, 4.69) is 62.5 Å². The van der Waals surface area contributed by atoms with Gasteiger partial charge in [0.1, 0.15) is 0 Å². The summed E-state index contributed by atoms with van der Waals surface area (Å²) in [5, 5.41) is 7.31. The van der Waals surface area contributed by atoms with Gasteiger partial charge in [0.25, 0.3) is 0 Å². The first-order chi connectivity index (χ1) is 17.7. The van der Waals surface area contributed by atoms with Crippen LogP contribution >= 0.6 is 12.2 Å². The van der Waals surface area contributed by atoms with Crippen LogP contribution in [0.25, 0.3) is 0 Å². The number of nitrogens with zero attached hydrogens (tertiary/aromatic N) is 3. The van der Waals surface area contributed by atoms with Crippen LogP contribution in [-0.2, 0) is 11.2 Å². The summed E-state index contributed by atoms with van der Waals surface area (Å²) in [5.41, 5.74) is 4.23. The van der Waals surface area contributed by atoms with Gasteiger partial charge in [0.15, 0.2) is 5.11 Å². The molecule has 5 rings (SSSR count). The Labute approximate surface area is 219 Å². The zero-order valence-electron chi connectivity index (χ0n) is 20.9. The van der Waals surface area contributed by atoms with Crippen LogP contribution in [-0.4, -0.2) is 32.0 Å². The number of carbonyl (C=O) groups is 1. The molecule has 1 saturated carbocycles. The lowest BCUT2D eigenvalue weighted by Gasteiger charge is -2.32. The number of hydrogen-bond acceptors (Lipinski definition) is 3. The van der Waals surface area contributed by atoms with E-state index in [4.69, 9.17) is 12.2 Å². The van der Waals surface area contributed by atoms with Crippen molar-refractivity contribution in [1.82, 2.24) is 19.8 Å². The molecule has 3 aromatic rings. The van der Waals surface area contributed by atoms with E-state index in [9.17, 15) is 4.79 Å². The third-order valence-corrected chi connectivity index (χ3v) is 7.89. The van der Waals surface area contributed by atoms with Crippen LogP contribution in [0.3, 0.4) is 0 Å². The Morgan fingerprint density at radius 3 is 2.67 bits per heavy atom. The van der Waals surface area contributed by atoms with Crippen molar-refractivity contribution in [3.8, 4) is 0 Å². The molecule has 7 heteroatoms. The molecule has 2 N–H and O–H groups in total. The van der Waals surface area contributed by atoms with Gasteiger partial charge in [-0.25, -0.2) is 0 Å². The highest BCUT2D eigenvalue weighted by Gasteiger charge is 2.41. The summed E-state index contributed by atoms with van der Waals surface area (Å²) in [7, 11) is 0. The van der Waals surface area contributed by atoms with Crippen molar-refractivity contribution in [2.24, 2.45) is 0 Å². The average molecular weight is 502 g/mol. The number of pyridine rings is 1. The predicted octanol–water partition coefficient (Wildman–Crippen LogP) is 5.95. The molecule has 2 aromatic heterocycles. The largest absolute Gasteiger partial charge is 0.352 e. The van der Waals surface area contributed by atoms with Gasteiger partial charge in [0, 0.05) is 42.8 Å². The van der Waals surface area contributed by atoms with Gasteiger partial charge in [-0.3, -0.25) is 9.78 Å². The maximum absolute atomic E-state index is 13.0. The number of carbonyl (C=O) groups excluding carboxylic acids is 1. The van der Waals surface area contributed by atoms with E-state index in [1.807, 2.05) is 36.5 Å². The minimum atomic E-state index is -0.0696. The second kappa shape index (κ2) is 11.2. The zero-order chi connectivity index (χ0) is 24.9. The van der Waals surface area contributed by atoms with Crippen LogP contribution in [0.1, 0.15) is 80.5 Å². The standard InChI is InChI=1S/C29H35N5OS/c1-2-21-11-6-7-14-23(21)31-26(35)17-20-34-28(27(32-29(34)36)24-15-8-9-18-30-24)25-16-10-19-33(25)22-12-4-3-5-13-22/h6-11,14-16,18-19,22,27-28H,2-5,12-13,17,20H2,1H3,(H,31,35)(H,32,36). The Kier molecular flexibility index (Phi) is 7.66. The summed E-state index contributed by atoms with van der Waals surface area (Å²) in [6.45, 7) is 2.64. The van der Waals surface area contributed by atoms with Gasteiger partial charge in [0.2, 0.25) is 5.91 Å². The summed E-state index contributed by atoms with van der Waals surface area (Å²) >= 11 is 5.84. The van der Waals surface area contributed by atoms with Crippen LogP contribution in [0.4, 0.5) is 5.69 Å². The summed E-state index contributed by atoms with van der Waals surface area (Å²) < 4.78 is 2.46. The topological polar surface area (TPSA) is 62.2 Å². The Balaban J connectivity index is 1.39. The number of thiocarbonyl (C=S) groups is 1. The molecule has 2 unspecified atom stereocenters. The molecular formula is C29H35N5OS. The van der Waals surface area contributed by atoms with Crippen molar-refractivity contribution in [3.05, 3.63) is 83.9 Å². The number of amides is 1. The van der Waals surface area contributed by atoms with Gasteiger partial charge in [-0.05, 0) is 67.4 Å². The van der Waals surface area contributed by atoms with E-state index in [1.54, 1.807) is 0 Å². The molecule has 2 atom stereocenters. The van der Waals surface area contributed by atoms with E-state index in [0.29, 0.717) is 24.1 Å². The maximum atomic E-state index is 13.0. The lowest BCUT2D eigenvalue weighted by Crippen LogP contribution is -2.34. The van der Waals surface area contributed by atoms with Crippen molar-refractivity contribution in [2.45, 2.75) is 70.0 Å². The smallest absolute Gasteiger partial charge is 0.226 e. The van der Waals surface area contributed by atoms with Crippen LogP contribution in [0.15, 0.2) is 67.0 Å². The third-order valence-electron chi connectivity index (χ3n) is 7.53. The number of para-hydroxylation sites is 1. The Bertz CT molecular complexity index is 1190. The summed E-state index contributed by atoms with van der Waals surface area (Å²) in [4.78, 5) is 19.8. The number of hydrogen-bond donors (Lipinski definition) is 2. The Morgan fingerprint density at radius 2 is 1.89 bits per heavy atom. The van der Waals surface area contributed by atoms with E-state index < -0.39 is 0 Å². The predicted molar refractivity (Wildman–Crippen MR) is 148 cm³/mol. The first-order valence-corrected chi connectivity index (χ1v) is 13.6. The monoisotopic (exact) mass is 501 g/mol. The Morgan fingerprint density at radius 1 is 1.08 bits per heavy atom. The highest BCUT2D eigenvalue weighted by atomic mass is 32.1. The number of anilines is 1. The molecule has 0 spiro atoms. The van der Waals surface area contributed by atoms with Gasteiger partial charge in [-0.1, -0.05) is 50.5 Å². The minimum Gasteiger partial charge on any atom is -0.352 e. The highest BCUT2D eigenvalue weighted by molar-refractivity contribution is 7.80. The van der Waals surface area contributed by atoms with Crippen LogP contribution in [0.2, 0.25) is 0 Å². The first kappa shape index (κ1) is 24.5. The van der Waals surface area contributed by atoms with Gasteiger partial charge in [-0.15, -0.1) is 0 Å². The van der Waals surface area contributed by atoms with Crippen molar-refractivity contribution in [1.29, 1.82) is 0 Å². The molecule has 2 fully saturated rings. The molecule has 188 valence electrons. The molecule has 1 aromatic carbocycles. The normalized spacial score (nSPS) is 20.4. The molecule has 36 heavy (non-hydrogen) atoms. The van der Waals surface area contributed by atoms with E-state index in [-0.39, 0.29) is 18.0 Å². The molecule has 3 heterocycles. The molecule has 1 aliphatic carbocycles. The summed E-state index contributed by atoms with van der Waals surface area (Å²) in [5.74, 6) is 0.00130. The fraction of sp³-hybridized carbons (Fsp3) is 0.414. The van der Waals surface area contributed by atoms with E-state index in [0.717, 1.165) is 23.4 Å². The number of aromatic nitrogens is 2. The maximum Gasteiger partial charge on any atom is 0.226 e. The van der Waals surface area contributed by atoms with E-state index >= 15 is 0 Å². The third kappa shape index (κ3) is 5.16. The average Bonchev–Trinajstić information content (AvgIpc) is 3.53. The SMILES string of the molecule is CCc1ccccc1NC(=O)CCN1C(=S)NC(c2ccccn2)C1c1cccn1C1CCCCC1. The number of nitrogens with one attached hydrogen (secondary N) is 2. The minimum absolute atomic E-state index is 0.00130. The second-order valence-corrected chi connectivity index (χ2v) is 10.1. The van der Waals surface area contributed by atoms with Gasteiger partial charge in [0.05, 0.1) is 17.8 Å². The zero-order valence-corrected chi connectivity index (χ0v) is 21.7. The van der Waals surface area contributed by atoms with Crippen molar-refractivity contribution >= 4 is 28.9 Å². The fourth-order valence-corrected chi connectivity index (χ4v) is 6.03. The highest BCUT2D eigenvalue weighted by Crippen LogP contribution is 2.41. The first-order valence-electron chi connectivity index (χ1n) is 13.2. The summed E-state index contributed by atoms with van der Waals surface area (Å²) in [6.07, 6.45) is 11.6. The van der Waals surface area contributed by atoms with E-state index in [1.165, 1.54) is 37.8 Å². The molecular weight excluding hydrogens is 466 g/mol. The lowest BCUT2D eigenvalue weighted by atomic mass is 9.94. The van der Waals surface area contributed by atoms with Crippen molar-refractivity contribution in [3.63, 3.8) is 0 Å². The quantitative estimate of drug-likeness (QED) is 0.373. The second-order valence-electron chi connectivity index (χ2n) is 9.76. The molecule has 1 amide bonds. The number of aryl methyl sites for hydroxylation is 1. The molecule has 1 saturated heterocycles. The molecule has 0 radical (unpaired) electrons. The lowest BCUT2D eigenvalue weighted by molar-refractivity contribution is -0.116. The number of rotatable bonds is 8. The molecule has 1 aliphatic heterocycles. The van der Waals surface area contributed by atoms with Crippen molar-refractivity contribution in [2.75, 3.05) is 11.9 Å². The van der Waals surface area contributed by atoms with Crippen LogP contribution < -0.4 is 10.6 Å². The van der Waals surface area contributed by atoms with Gasteiger partial charge < -0.3 is 20.1 Å². The van der Waals surface area contributed by atoms with Crippen LogP contribution in [0, 0.1) is 0 Å². The van der Waals surface area contributed by atoms with Crippen LogP contribution in [0.5, 0.6) is 0 Å².